The molecular formula is C56H70N6O16S2. The highest BCUT2D eigenvalue weighted by Gasteiger charge is 2.43. The summed E-state index contributed by atoms with van der Waals surface area (Å²) >= 11 is 0. The van der Waals surface area contributed by atoms with E-state index in [2.05, 4.69) is 10.6 Å². The maximum atomic E-state index is 13.7. The van der Waals surface area contributed by atoms with Gasteiger partial charge in [-0.1, -0.05) is 59.7 Å². The van der Waals surface area contributed by atoms with E-state index >= 15 is 0 Å². The summed E-state index contributed by atoms with van der Waals surface area (Å²) in [5, 5.41) is 8.14. The molecule has 80 heavy (non-hydrogen) atoms. The Morgan fingerprint density at radius 3 is 1.14 bits per heavy atom. The molecule has 0 aliphatic carbocycles. The summed E-state index contributed by atoms with van der Waals surface area (Å²) in [6.45, 7) is 14.6. The highest BCUT2D eigenvalue weighted by Crippen LogP contribution is 2.29. The van der Waals surface area contributed by atoms with Gasteiger partial charge in [0.1, 0.15) is 46.9 Å². The van der Waals surface area contributed by atoms with Gasteiger partial charge < -0.3 is 39.3 Å². The van der Waals surface area contributed by atoms with Gasteiger partial charge in [-0.05, 0) is 141 Å². The largest absolute Gasteiger partial charge is 0.533 e. The SMILES string of the molecule is Cc1ccc(S(=O)(=O)N2CCC[C@@H]2C(=O)N[C@@H](Cc2ccc(OC(=O)ON3CCN(OC(=O)Oc4ccc(C[C@H](NC(=O)[C@H]5CCCN5S(=O)(=O)c5ccc(C)cc5)C(=O)OC(C)(C)C)cc4)CC3)cc2)C(=O)OC(C)(C)C)cc1. The summed E-state index contributed by atoms with van der Waals surface area (Å²) in [5.74, 6) is -2.45. The highest BCUT2D eigenvalue weighted by molar-refractivity contribution is 7.89. The summed E-state index contributed by atoms with van der Waals surface area (Å²) < 4.78 is 78.7. The number of ether oxygens (including phenoxy) is 4. The normalized spacial score (nSPS) is 18.6. The summed E-state index contributed by atoms with van der Waals surface area (Å²) in [4.78, 5) is 90.9. The number of rotatable bonds is 18. The standard InChI is InChI=1S/C56H70N6O16S2/c1-37-13-25-43(26-14-37)79(69,70)61-29-9-11-47(61)49(63)57-45(51(65)75-55(3,4)5)35-39-17-21-41(22-18-39)73-53(67)77-59-31-33-60(34-32-59)78-54(68)74-42-23-19-40(20-24-42)36-46(52(66)76-56(6,7)8)58-50(64)48-12-10-30-62(48)80(71,72)44-27-15-38(2)16-28-44/h13-28,45-48H,9-12,29-36H2,1-8H3,(H,57,63)(H,58,64)/t45-,46-,47+,48+/m0/s1. The average molecular weight is 1150 g/mol. The van der Waals surface area contributed by atoms with Crippen LogP contribution >= 0.6 is 0 Å². The number of hydroxylamine groups is 4. The third-order valence-electron chi connectivity index (χ3n) is 13.0. The van der Waals surface area contributed by atoms with Gasteiger partial charge in [0.25, 0.3) is 0 Å². The van der Waals surface area contributed by atoms with Crippen molar-refractivity contribution >= 4 is 56.1 Å². The first-order chi connectivity index (χ1) is 37.6. The molecular weight excluding hydrogens is 1080 g/mol. The molecule has 0 bridgehead atoms. The first-order valence-electron chi connectivity index (χ1n) is 26.3. The second kappa shape index (κ2) is 25.7. The quantitative estimate of drug-likeness (QED) is 0.0864. The average Bonchev–Trinajstić information content (AvgIpc) is 4.11. The van der Waals surface area contributed by atoms with Gasteiger partial charge in [-0.3, -0.25) is 9.59 Å². The van der Waals surface area contributed by atoms with Gasteiger partial charge in [-0.25, -0.2) is 36.0 Å². The number of sulfonamides is 2. The minimum atomic E-state index is -4.00. The fraction of sp³-hybridized carbons (Fsp3) is 0.464. The molecule has 3 heterocycles. The molecule has 2 amide bonds. The minimum absolute atomic E-state index is 0.0234. The van der Waals surface area contributed by atoms with Gasteiger partial charge in [-0.15, -0.1) is 10.1 Å². The predicted molar refractivity (Wildman–Crippen MR) is 289 cm³/mol. The third kappa shape index (κ3) is 16.6. The van der Waals surface area contributed by atoms with E-state index < -0.39 is 91.5 Å². The summed E-state index contributed by atoms with van der Waals surface area (Å²) in [6.07, 6.45) is -0.681. The Morgan fingerprint density at radius 1 is 0.500 bits per heavy atom. The number of nitrogens with one attached hydrogen (secondary N) is 2. The molecule has 0 aromatic heterocycles. The Labute approximate surface area is 466 Å². The Morgan fingerprint density at radius 2 is 0.825 bits per heavy atom. The molecule has 0 unspecified atom stereocenters. The van der Waals surface area contributed by atoms with Crippen LogP contribution in [0.25, 0.3) is 0 Å². The van der Waals surface area contributed by atoms with Crippen molar-refractivity contribution in [3.63, 3.8) is 0 Å². The first kappa shape index (κ1) is 60.7. The fourth-order valence-electron chi connectivity index (χ4n) is 9.09. The van der Waals surface area contributed by atoms with Gasteiger partial charge in [0.2, 0.25) is 31.9 Å². The van der Waals surface area contributed by atoms with E-state index in [0.717, 1.165) is 11.1 Å². The number of esters is 2. The molecule has 0 spiro atoms. The topological polar surface area (TPSA) is 263 Å². The van der Waals surface area contributed by atoms with Crippen LogP contribution < -0.4 is 20.1 Å². The van der Waals surface area contributed by atoms with E-state index in [1.165, 1.54) is 67.3 Å². The molecule has 4 aromatic rings. The van der Waals surface area contributed by atoms with Crippen molar-refractivity contribution in [3.05, 3.63) is 119 Å². The molecule has 2 N–H and O–H groups in total. The lowest BCUT2D eigenvalue weighted by atomic mass is 10.0. The zero-order chi connectivity index (χ0) is 58.2. The van der Waals surface area contributed by atoms with Crippen LogP contribution in [0.1, 0.15) is 89.5 Å². The van der Waals surface area contributed by atoms with Crippen LogP contribution in [0.2, 0.25) is 0 Å². The zero-order valence-electron chi connectivity index (χ0n) is 46.2. The highest BCUT2D eigenvalue weighted by atomic mass is 32.2. The number of hydrogen-bond acceptors (Lipinski definition) is 18. The number of piperazine rings is 1. The zero-order valence-corrected chi connectivity index (χ0v) is 47.8. The van der Waals surface area contributed by atoms with Crippen molar-refractivity contribution < 1.29 is 74.2 Å². The number of nitrogens with zero attached hydrogens (tertiary/aromatic N) is 4. The van der Waals surface area contributed by atoms with Crippen molar-refractivity contribution in [1.29, 1.82) is 0 Å². The number of amides is 2. The minimum Gasteiger partial charge on any atom is -0.458 e. The summed E-state index contributed by atoms with van der Waals surface area (Å²) in [6, 6.07) is 20.6. The monoisotopic (exact) mass is 1150 g/mol. The van der Waals surface area contributed by atoms with Crippen LogP contribution in [0.4, 0.5) is 9.59 Å². The molecule has 0 radical (unpaired) electrons. The number of carbonyl (C=O) groups is 6. The molecule has 3 saturated heterocycles. The lowest BCUT2D eigenvalue weighted by Gasteiger charge is -2.31. The van der Waals surface area contributed by atoms with E-state index in [4.69, 9.17) is 28.6 Å². The second-order valence-electron chi connectivity index (χ2n) is 21.8. The molecule has 0 saturated carbocycles. The Bertz CT molecular complexity index is 2880. The molecule has 7 rings (SSSR count). The first-order valence-corrected chi connectivity index (χ1v) is 29.2. The number of carbonyl (C=O) groups excluding carboxylic acids is 6. The van der Waals surface area contributed by atoms with Crippen molar-refractivity contribution in [2.45, 2.75) is 139 Å². The Kier molecular flexibility index (Phi) is 19.5. The van der Waals surface area contributed by atoms with Gasteiger partial charge in [-0.2, -0.15) is 8.61 Å². The molecule has 432 valence electrons. The van der Waals surface area contributed by atoms with Crippen LogP contribution in [0.3, 0.4) is 0 Å². The van der Waals surface area contributed by atoms with E-state index in [1.54, 1.807) is 90.1 Å². The lowest BCUT2D eigenvalue weighted by molar-refractivity contribution is -0.195. The van der Waals surface area contributed by atoms with Crippen molar-refractivity contribution in [2.24, 2.45) is 0 Å². The number of aryl methyl sites for hydroxylation is 2. The second-order valence-corrected chi connectivity index (χ2v) is 25.6. The van der Waals surface area contributed by atoms with Crippen molar-refractivity contribution in [2.75, 3.05) is 39.3 Å². The summed E-state index contributed by atoms with van der Waals surface area (Å²) in [7, 11) is -8.01. The van der Waals surface area contributed by atoms with E-state index in [9.17, 15) is 45.6 Å². The van der Waals surface area contributed by atoms with Crippen LogP contribution in [-0.4, -0.2) is 146 Å². The van der Waals surface area contributed by atoms with Gasteiger partial charge in [0, 0.05) is 25.9 Å². The predicted octanol–water partition coefficient (Wildman–Crippen LogP) is 5.93. The summed E-state index contributed by atoms with van der Waals surface area (Å²) in [5.41, 5.74) is 1.13. The van der Waals surface area contributed by atoms with Crippen LogP contribution in [-0.2, 0) is 71.2 Å². The van der Waals surface area contributed by atoms with Crippen molar-refractivity contribution in [3.8, 4) is 11.5 Å². The van der Waals surface area contributed by atoms with E-state index in [-0.39, 0.29) is 86.2 Å². The van der Waals surface area contributed by atoms with Gasteiger partial charge in [0.15, 0.2) is 0 Å². The fourth-order valence-corrected chi connectivity index (χ4v) is 12.4. The maximum Gasteiger partial charge on any atom is 0.533 e. The molecule has 3 aliphatic heterocycles. The van der Waals surface area contributed by atoms with E-state index in [1.807, 2.05) is 13.8 Å². The van der Waals surface area contributed by atoms with E-state index in [0.29, 0.717) is 24.0 Å². The third-order valence-corrected chi connectivity index (χ3v) is 16.9. The van der Waals surface area contributed by atoms with Crippen LogP contribution in [0.15, 0.2) is 107 Å². The van der Waals surface area contributed by atoms with Gasteiger partial charge in [0.05, 0.1) is 36.0 Å². The molecule has 4 aromatic carbocycles. The molecule has 3 fully saturated rings. The molecule has 3 aliphatic rings. The Hall–Kier alpha value is -6.96. The maximum absolute atomic E-state index is 13.7. The number of benzene rings is 4. The molecule has 24 heteroatoms. The van der Waals surface area contributed by atoms with Gasteiger partial charge >= 0.3 is 24.2 Å². The smallest absolute Gasteiger partial charge is 0.458 e. The molecule has 4 atom stereocenters. The molecule has 22 nitrogen and oxygen atoms in total. The Balaban J connectivity index is 0.863. The van der Waals surface area contributed by atoms with Crippen LogP contribution in [0, 0.1) is 13.8 Å². The number of hydrogen-bond donors (Lipinski definition) is 2. The lowest BCUT2D eigenvalue weighted by Crippen LogP contribution is -2.52. The van der Waals surface area contributed by atoms with Crippen LogP contribution in [0.5, 0.6) is 11.5 Å². The van der Waals surface area contributed by atoms with Crippen molar-refractivity contribution in [1.82, 2.24) is 29.4 Å².